The van der Waals surface area contributed by atoms with E-state index in [1.807, 2.05) is 25.5 Å². The van der Waals surface area contributed by atoms with E-state index in [9.17, 15) is 13.2 Å². The minimum absolute atomic E-state index is 0.131. The van der Waals surface area contributed by atoms with Crippen molar-refractivity contribution in [3.8, 4) is 0 Å². The Morgan fingerprint density at radius 3 is 2.59 bits per heavy atom. The summed E-state index contributed by atoms with van der Waals surface area (Å²) >= 11 is 0. The first-order valence-electron chi connectivity index (χ1n) is 10.4. The third-order valence-electron chi connectivity index (χ3n) is 5.71. The highest BCUT2D eigenvalue weighted by Crippen LogP contribution is 2.25. The molecule has 0 saturated heterocycles. The fourth-order valence-corrected chi connectivity index (χ4v) is 5.47. The van der Waals surface area contributed by atoms with Crippen molar-refractivity contribution in [3.63, 3.8) is 0 Å². The summed E-state index contributed by atoms with van der Waals surface area (Å²) in [5, 5.41) is 3.75. The van der Waals surface area contributed by atoms with Crippen molar-refractivity contribution in [2.45, 2.75) is 50.8 Å². The topological polar surface area (TPSA) is 71.4 Å². The summed E-state index contributed by atoms with van der Waals surface area (Å²) in [4.78, 5) is 12.9. The Balaban J connectivity index is 1.78. The Morgan fingerprint density at radius 1 is 1.17 bits per heavy atom. The van der Waals surface area contributed by atoms with Crippen LogP contribution >= 0.6 is 0 Å². The predicted octanol–water partition coefficient (Wildman–Crippen LogP) is 3.83. The van der Waals surface area contributed by atoms with Gasteiger partial charge in [-0.15, -0.1) is 0 Å². The van der Waals surface area contributed by atoms with Crippen LogP contribution in [-0.2, 0) is 17.1 Å². The van der Waals surface area contributed by atoms with Gasteiger partial charge >= 0.3 is 0 Å². The van der Waals surface area contributed by atoms with Crippen LogP contribution in [0, 0.1) is 0 Å². The van der Waals surface area contributed by atoms with Gasteiger partial charge in [0.1, 0.15) is 5.69 Å². The fourth-order valence-electron chi connectivity index (χ4n) is 3.98. The van der Waals surface area contributed by atoms with E-state index in [2.05, 4.69) is 11.4 Å². The van der Waals surface area contributed by atoms with Crippen LogP contribution in [0.25, 0.3) is 10.9 Å². The van der Waals surface area contributed by atoms with Crippen LogP contribution in [0.3, 0.4) is 0 Å². The van der Waals surface area contributed by atoms with Crippen molar-refractivity contribution in [3.05, 3.63) is 41.6 Å². The SMILES string of the molecule is CCN(CC)S(=O)(=O)c1ccc2c(c1)cc(C(=O)NCCC1=CCCCC1)n2C. The van der Waals surface area contributed by atoms with Gasteiger partial charge in [-0.3, -0.25) is 4.79 Å². The van der Waals surface area contributed by atoms with E-state index in [0.29, 0.717) is 25.3 Å². The lowest BCUT2D eigenvalue weighted by Crippen LogP contribution is -2.30. The molecule has 0 aliphatic heterocycles. The molecule has 0 atom stereocenters. The zero-order valence-electron chi connectivity index (χ0n) is 17.6. The molecule has 29 heavy (non-hydrogen) atoms. The number of nitrogens with one attached hydrogen (secondary N) is 1. The number of benzene rings is 1. The van der Waals surface area contributed by atoms with Gasteiger partial charge in [-0.2, -0.15) is 4.31 Å². The van der Waals surface area contributed by atoms with E-state index in [1.54, 1.807) is 24.3 Å². The maximum absolute atomic E-state index is 12.8. The lowest BCUT2D eigenvalue weighted by Gasteiger charge is -2.18. The summed E-state index contributed by atoms with van der Waals surface area (Å²) in [6.07, 6.45) is 7.96. The minimum Gasteiger partial charge on any atom is -0.350 e. The lowest BCUT2D eigenvalue weighted by molar-refractivity contribution is 0.0946. The largest absolute Gasteiger partial charge is 0.350 e. The van der Waals surface area contributed by atoms with Crippen LogP contribution < -0.4 is 5.32 Å². The van der Waals surface area contributed by atoms with Crippen molar-refractivity contribution >= 4 is 26.8 Å². The average Bonchev–Trinajstić information content (AvgIpc) is 3.05. The first kappa shape index (κ1) is 21.6. The molecule has 1 aromatic carbocycles. The van der Waals surface area contributed by atoms with Gasteiger partial charge in [0, 0.05) is 37.6 Å². The summed E-state index contributed by atoms with van der Waals surface area (Å²) in [7, 11) is -1.69. The summed E-state index contributed by atoms with van der Waals surface area (Å²) in [5.74, 6) is -0.131. The zero-order chi connectivity index (χ0) is 21.0. The van der Waals surface area contributed by atoms with Gasteiger partial charge in [0.15, 0.2) is 0 Å². The molecule has 158 valence electrons. The number of amides is 1. The van der Waals surface area contributed by atoms with Gasteiger partial charge in [-0.1, -0.05) is 25.5 Å². The van der Waals surface area contributed by atoms with Gasteiger partial charge < -0.3 is 9.88 Å². The Kier molecular flexibility index (Phi) is 6.80. The number of carbonyl (C=O) groups excluding carboxylic acids is 1. The van der Waals surface area contributed by atoms with Crippen molar-refractivity contribution in [1.82, 2.24) is 14.2 Å². The van der Waals surface area contributed by atoms with Crippen LogP contribution in [0.15, 0.2) is 40.8 Å². The molecule has 1 aromatic heterocycles. The molecule has 1 amide bonds. The Hall–Kier alpha value is -2.12. The monoisotopic (exact) mass is 417 g/mol. The van der Waals surface area contributed by atoms with Crippen LogP contribution in [0.5, 0.6) is 0 Å². The number of hydrogen-bond acceptors (Lipinski definition) is 3. The van der Waals surface area contributed by atoms with Crippen LogP contribution in [0.4, 0.5) is 0 Å². The Morgan fingerprint density at radius 2 is 1.93 bits per heavy atom. The normalized spacial score (nSPS) is 15.0. The molecule has 1 aliphatic rings. The molecule has 0 fully saturated rings. The van der Waals surface area contributed by atoms with Gasteiger partial charge in [-0.25, -0.2) is 8.42 Å². The third-order valence-corrected chi connectivity index (χ3v) is 7.75. The molecule has 7 heteroatoms. The van der Waals surface area contributed by atoms with Crippen molar-refractivity contribution in [1.29, 1.82) is 0 Å². The highest BCUT2D eigenvalue weighted by Gasteiger charge is 2.23. The zero-order valence-corrected chi connectivity index (χ0v) is 18.4. The van der Waals surface area contributed by atoms with E-state index in [0.717, 1.165) is 30.2 Å². The van der Waals surface area contributed by atoms with Crippen molar-refractivity contribution in [2.75, 3.05) is 19.6 Å². The molecule has 6 nitrogen and oxygen atoms in total. The average molecular weight is 418 g/mol. The quantitative estimate of drug-likeness (QED) is 0.664. The maximum Gasteiger partial charge on any atom is 0.267 e. The smallest absolute Gasteiger partial charge is 0.267 e. The van der Waals surface area contributed by atoms with Crippen molar-refractivity contribution in [2.24, 2.45) is 7.05 Å². The number of fused-ring (bicyclic) bond motifs is 1. The first-order valence-corrected chi connectivity index (χ1v) is 11.9. The number of rotatable bonds is 8. The standard InChI is InChI=1S/C22H31N3O3S/c1-4-25(5-2)29(27,28)19-11-12-20-18(15-19)16-21(24(20)3)22(26)23-14-13-17-9-7-6-8-10-17/h9,11-12,15-16H,4-8,10,13-14H2,1-3H3,(H,23,26). The summed E-state index contributed by atoms with van der Waals surface area (Å²) in [6, 6.07) is 6.82. The summed E-state index contributed by atoms with van der Waals surface area (Å²) in [5.41, 5.74) is 2.80. The molecule has 1 N–H and O–H groups in total. The minimum atomic E-state index is -3.53. The number of aromatic nitrogens is 1. The van der Waals surface area contributed by atoms with Gasteiger partial charge in [0.05, 0.1) is 4.90 Å². The van der Waals surface area contributed by atoms with Gasteiger partial charge in [-0.05, 0) is 56.4 Å². The van der Waals surface area contributed by atoms with Crippen LogP contribution in [0.1, 0.15) is 56.4 Å². The van der Waals surface area contributed by atoms with Crippen LogP contribution in [0.2, 0.25) is 0 Å². The van der Waals surface area contributed by atoms with Crippen LogP contribution in [-0.4, -0.2) is 42.8 Å². The van der Waals surface area contributed by atoms with E-state index in [1.165, 1.54) is 22.7 Å². The summed E-state index contributed by atoms with van der Waals surface area (Å²) in [6.45, 7) is 5.13. The molecule has 0 spiro atoms. The number of aryl methyl sites for hydroxylation is 1. The number of hydrogen-bond donors (Lipinski definition) is 1. The molecule has 3 rings (SSSR count). The van der Waals surface area contributed by atoms with Gasteiger partial charge in [0.25, 0.3) is 5.91 Å². The number of sulfonamides is 1. The van der Waals surface area contributed by atoms with E-state index >= 15 is 0 Å². The highest BCUT2D eigenvalue weighted by molar-refractivity contribution is 7.89. The third kappa shape index (κ3) is 4.56. The maximum atomic E-state index is 12.8. The number of nitrogens with zero attached hydrogens (tertiary/aromatic N) is 2. The van der Waals surface area contributed by atoms with E-state index < -0.39 is 10.0 Å². The predicted molar refractivity (Wildman–Crippen MR) is 117 cm³/mol. The number of carbonyl (C=O) groups is 1. The molecule has 0 saturated carbocycles. The molecule has 0 radical (unpaired) electrons. The molecule has 0 bridgehead atoms. The Bertz CT molecular complexity index is 1020. The second-order valence-electron chi connectivity index (χ2n) is 7.51. The first-order chi connectivity index (χ1) is 13.9. The van der Waals surface area contributed by atoms with E-state index in [-0.39, 0.29) is 10.8 Å². The lowest BCUT2D eigenvalue weighted by atomic mass is 9.97. The fraction of sp³-hybridized carbons (Fsp3) is 0.500. The van der Waals surface area contributed by atoms with E-state index in [4.69, 9.17) is 0 Å². The molecular weight excluding hydrogens is 386 g/mol. The molecular formula is C22H31N3O3S. The second-order valence-corrected chi connectivity index (χ2v) is 9.45. The second kappa shape index (κ2) is 9.13. The van der Waals surface area contributed by atoms with Gasteiger partial charge in [0.2, 0.25) is 10.0 Å². The molecule has 2 aromatic rings. The van der Waals surface area contributed by atoms with Crippen molar-refractivity contribution < 1.29 is 13.2 Å². The Labute approximate surface area is 173 Å². The molecule has 1 heterocycles. The highest BCUT2D eigenvalue weighted by atomic mass is 32.2. The molecule has 1 aliphatic carbocycles. The summed E-state index contributed by atoms with van der Waals surface area (Å²) < 4.78 is 28.8. The molecule has 0 unspecified atom stereocenters. The number of allylic oxidation sites excluding steroid dienone is 1.